The number of carbonyl (C=O) groups is 1. The summed E-state index contributed by atoms with van der Waals surface area (Å²) >= 11 is 0. The molecule has 0 saturated heterocycles. The van der Waals surface area contributed by atoms with Crippen molar-refractivity contribution in [2.24, 2.45) is 0 Å². The van der Waals surface area contributed by atoms with Gasteiger partial charge in [0.15, 0.2) is 0 Å². The number of hydrogen-bond acceptors (Lipinski definition) is 2. The lowest BCUT2D eigenvalue weighted by atomic mass is 10.1. The Bertz CT molecular complexity index is 146. The Morgan fingerprint density at radius 1 is 1.07 bits per heavy atom. The number of hydrogen-bond donors (Lipinski definition) is 2. The van der Waals surface area contributed by atoms with Crippen LogP contribution in [-0.2, 0) is 4.79 Å². The quantitative estimate of drug-likeness (QED) is 0.442. The smallest absolute Gasteiger partial charge is 0.303 e. The maximum absolute atomic E-state index is 10.2. The highest BCUT2D eigenvalue weighted by Gasteiger charge is 1.95. The third-order valence-electron chi connectivity index (χ3n) is 2.05. The van der Waals surface area contributed by atoms with Crippen LogP contribution in [0, 0.1) is 0 Å². The molecule has 0 fully saturated rings. The standard InChI is InChI=1S/C11H20O2.H3N/c1-2-3-4-5-6-7-8-9-10-11(12)13;/h2H,1,3-10H2,(H,12,13);1H3. The van der Waals surface area contributed by atoms with E-state index in [0.29, 0.717) is 6.42 Å². The van der Waals surface area contributed by atoms with Gasteiger partial charge in [-0.2, -0.15) is 0 Å². The molecule has 0 bridgehead atoms. The van der Waals surface area contributed by atoms with Crippen molar-refractivity contribution >= 4 is 5.97 Å². The Labute approximate surface area is 86.8 Å². The highest BCUT2D eigenvalue weighted by molar-refractivity contribution is 5.66. The lowest BCUT2D eigenvalue weighted by Gasteiger charge is -1.98. The van der Waals surface area contributed by atoms with Gasteiger partial charge in [-0.25, -0.2) is 0 Å². The zero-order valence-corrected chi connectivity index (χ0v) is 9.00. The second kappa shape index (κ2) is 12.2. The number of allylic oxidation sites excluding steroid dienone is 1. The van der Waals surface area contributed by atoms with Gasteiger partial charge >= 0.3 is 5.97 Å². The minimum atomic E-state index is -0.674. The fraction of sp³-hybridized carbons (Fsp3) is 0.727. The molecular weight excluding hydrogens is 178 g/mol. The van der Waals surface area contributed by atoms with Gasteiger partial charge < -0.3 is 11.3 Å². The monoisotopic (exact) mass is 201 g/mol. The fourth-order valence-electron chi connectivity index (χ4n) is 1.27. The van der Waals surface area contributed by atoms with Gasteiger partial charge in [-0.1, -0.05) is 31.8 Å². The lowest BCUT2D eigenvalue weighted by molar-refractivity contribution is -0.137. The Balaban J connectivity index is 0. The molecule has 0 aromatic carbocycles. The second-order valence-electron chi connectivity index (χ2n) is 3.34. The van der Waals surface area contributed by atoms with E-state index in [-0.39, 0.29) is 6.15 Å². The third kappa shape index (κ3) is 13.7. The van der Waals surface area contributed by atoms with E-state index in [2.05, 4.69) is 6.58 Å². The van der Waals surface area contributed by atoms with Gasteiger partial charge in [-0.15, -0.1) is 6.58 Å². The van der Waals surface area contributed by atoms with E-state index in [1.807, 2.05) is 6.08 Å². The van der Waals surface area contributed by atoms with Crippen LogP contribution in [0.25, 0.3) is 0 Å². The predicted molar refractivity (Wildman–Crippen MR) is 59.8 cm³/mol. The molecular formula is C11H23NO2. The molecule has 0 rings (SSSR count). The van der Waals surface area contributed by atoms with E-state index >= 15 is 0 Å². The number of aliphatic carboxylic acids is 1. The molecule has 0 saturated carbocycles. The summed E-state index contributed by atoms with van der Waals surface area (Å²) in [7, 11) is 0. The van der Waals surface area contributed by atoms with Crippen LogP contribution in [-0.4, -0.2) is 11.1 Å². The number of rotatable bonds is 9. The molecule has 0 amide bonds. The van der Waals surface area contributed by atoms with Gasteiger partial charge in [0.1, 0.15) is 0 Å². The molecule has 84 valence electrons. The summed E-state index contributed by atoms with van der Waals surface area (Å²) in [6.45, 7) is 3.66. The maximum atomic E-state index is 10.2. The number of carboxylic acids is 1. The topological polar surface area (TPSA) is 72.3 Å². The molecule has 0 aromatic rings. The molecule has 0 spiro atoms. The molecule has 3 heteroatoms. The van der Waals surface area contributed by atoms with Crippen LogP contribution in [0.4, 0.5) is 0 Å². The van der Waals surface area contributed by atoms with Gasteiger partial charge in [0, 0.05) is 6.42 Å². The van der Waals surface area contributed by atoms with Crippen LogP contribution in [0.1, 0.15) is 51.4 Å². The molecule has 4 N–H and O–H groups in total. The second-order valence-corrected chi connectivity index (χ2v) is 3.34. The first-order chi connectivity index (χ1) is 6.27. The Morgan fingerprint density at radius 2 is 1.57 bits per heavy atom. The van der Waals surface area contributed by atoms with Crippen molar-refractivity contribution in [3.05, 3.63) is 12.7 Å². The summed E-state index contributed by atoms with van der Waals surface area (Å²) in [6, 6.07) is 0. The molecule has 14 heavy (non-hydrogen) atoms. The molecule has 0 aliphatic rings. The number of carboxylic acid groups (broad SMARTS) is 1. The minimum absolute atomic E-state index is 0. The molecule has 3 nitrogen and oxygen atoms in total. The minimum Gasteiger partial charge on any atom is -0.481 e. The maximum Gasteiger partial charge on any atom is 0.303 e. The summed E-state index contributed by atoms with van der Waals surface area (Å²) < 4.78 is 0. The van der Waals surface area contributed by atoms with E-state index in [4.69, 9.17) is 5.11 Å². The number of unbranched alkanes of at least 4 members (excludes halogenated alkanes) is 6. The van der Waals surface area contributed by atoms with Gasteiger partial charge in [-0.3, -0.25) is 4.79 Å². The van der Waals surface area contributed by atoms with E-state index in [1.54, 1.807) is 0 Å². The first-order valence-electron chi connectivity index (χ1n) is 5.10. The molecule has 0 radical (unpaired) electrons. The Morgan fingerprint density at radius 3 is 2.07 bits per heavy atom. The fourth-order valence-corrected chi connectivity index (χ4v) is 1.27. The van der Waals surface area contributed by atoms with E-state index < -0.39 is 5.97 Å². The average Bonchev–Trinajstić information content (AvgIpc) is 2.09. The van der Waals surface area contributed by atoms with Crippen molar-refractivity contribution in [3.63, 3.8) is 0 Å². The molecule has 0 aromatic heterocycles. The van der Waals surface area contributed by atoms with Gasteiger partial charge in [-0.05, 0) is 19.3 Å². The van der Waals surface area contributed by atoms with Crippen molar-refractivity contribution in [2.75, 3.05) is 0 Å². The normalized spacial score (nSPS) is 9.14. The van der Waals surface area contributed by atoms with Crippen LogP contribution in [0.2, 0.25) is 0 Å². The summed E-state index contributed by atoms with van der Waals surface area (Å²) in [5.41, 5.74) is 0. The van der Waals surface area contributed by atoms with Crippen LogP contribution >= 0.6 is 0 Å². The van der Waals surface area contributed by atoms with Gasteiger partial charge in [0.05, 0.1) is 0 Å². The van der Waals surface area contributed by atoms with Crippen LogP contribution in [0.3, 0.4) is 0 Å². The van der Waals surface area contributed by atoms with E-state index in [1.165, 1.54) is 25.7 Å². The van der Waals surface area contributed by atoms with E-state index in [0.717, 1.165) is 19.3 Å². The summed E-state index contributed by atoms with van der Waals surface area (Å²) in [6.07, 6.45) is 10.1. The zero-order chi connectivity index (χ0) is 9.94. The molecule has 0 aliphatic carbocycles. The van der Waals surface area contributed by atoms with Gasteiger partial charge in [0.25, 0.3) is 0 Å². The largest absolute Gasteiger partial charge is 0.481 e. The predicted octanol–water partition coefficient (Wildman–Crippen LogP) is 3.54. The van der Waals surface area contributed by atoms with Crippen molar-refractivity contribution in [1.82, 2.24) is 6.15 Å². The van der Waals surface area contributed by atoms with Crippen molar-refractivity contribution in [1.29, 1.82) is 0 Å². The SMILES string of the molecule is C=CCCCCCCCCC(=O)O.N. The first kappa shape index (κ1) is 15.6. The van der Waals surface area contributed by atoms with Crippen LogP contribution in [0.5, 0.6) is 0 Å². The lowest BCUT2D eigenvalue weighted by Crippen LogP contribution is -1.93. The first-order valence-corrected chi connectivity index (χ1v) is 5.10. The molecule has 0 heterocycles. The van der Waals surface area contributed by atoms with Crippen molar-refractivity contribution < 1.29 is 9.90 Å². The molecule has 0 aliphatic heterocycles. The van der Waals surface area contributed by atoms with Crippen LogP contribution in [0.15, 0.2) is 12.7 Å². The summed E-state index contributed by atoms with van der Waals surface area (Å²) in [5.74, 6) is -0.674. The zero-order valence-electron chi connectivity index (χ0n) is 9.00. The molecule has 0 atom stereocenters. The third-order valence-corrected chi connectivity index (χ3v) is 2.05. The highest BCUT2D eigenvalue weighted by Crippen LogP contribution is 2.08. The van der Waals surface area contributed by atoms with Crippen molar-refractivity contribution in [3.8, 4) is 0 Å². The van der Waals surface area contributed by atoms with Gasteiger partial charge in [0.2, 0.25) is 0 Å². The average molecular weight is 201 g/mol. The van der Waals surface area contributed by atoms with Crippen LogP contribution < -0.4 is 6.15 Å². The Kier molecular flexibility index (Phi) is 13.6. The highest BCUT2D eigenvalue weighted by atomic mass is 16.4. The van der Waals surface area contributed by atoms with Crippen molar-refractivity contribution in [2.45, 2.75) is 51.4 Å². The summed E-state index contributed by atoms with van der Waals surface area (Å²) in [4.78, 5) is 10.2. The Hall–Kier alpha value is -0.830. The molecule has 0 unspecified atom stereocenters. The summed E-state index contributed by atoms with van der Waals surface area (Å²) in [5, 5.41) is 8.38. The van der Waals surface area contributed by atoms with E-state index in [9.17, 15) is 4.79 Å².